The Morgan fingerprint density at radius 2 is 1.79 bits per heavy atom. The van der Waals surface area contributed by atoms with Gasteiger partial charge in [-0.15, -0.1) is 0 Å². The average Bonchev–Trinajstić information content (AvgIpc) is 2.61. The summed E-state index contributed by atoms with van der Waals surface area (Å²) < 4.78 is 5.16. The molecule has 0 aromatic heterocycles. The van der Waals surface area contributed by atoms with Crippen LogP contribution < -0.4 is 10.1 Å². The van der Waals surface area contributed by atoms with Crippen LogP contribution in [0.4, 0.5) is 0 Å². The summed E-state index contributed by atoms with van der Waals surface area (Å²) >= 11 is 5.92. The van der Waals surface area contributed by atoms with Gasteiger partial charge in [-0.3, -0.25) is 4.79 Å². The summed E-state index contributed by atoms with van der Waals surface area (Å²) in [6, 6.07) is 16.7. The third kappa shape index (κ3) is 3.12. The number of carbonyl (C=O) groups excluding carboxylic acids is 1. The van der Waals surface area contributed by atoms with E-state index in [2.05, 4.69) is 11.4 Å². The maximum atomic E-state index is 12.4. The Bertz CT molecular complexity index is 820. The van der Waals surface area contributed by atoms with E-state index in [4.69, 9.17) is 16.3 Å². The molecule has 1 heterocycles. The number of carbonyl (C=O) groups is 1. The average molecular weight is 339 g/mol. The normalized spacial score (nSPS) is 19.9. The number of methoxy groups -OCH3 is 1. The third-order valence-electron chi connectivity index (χ3n) is 4.04. The Hall–Kier alpha value is -2.77. The topological polar surface area (TPSA) is 62.1 Å². The molecule has 0 unspecified atom stereocenters. The van der Waals surface area contributed by atoms with Crippen LogP contribution in [0.2, 0.25) is 5.02 Å². The highest BCUT2D eigenvalue weighted by molar-refractivity contribution is 6.30. The van der Waals surface area contributed by atoms with Crippen LogP contribution in [0.15, 0.2) is 54.6 Å². The van der Waals surface area contributed by atoms with Gasteiger partial charge in [0.2, 0.25) is 5.91 Å². The SMILES string of the molecule is COc1ccc([C@@H]2C=C(c3ccc(Cl)cc3)NC(=O)[C@@H]2C#N)cc1. The summed E-state index contributed by atoms with van der Waals surface area (Å²) in [6.07, 6.45) is 1.92. The number of hydrogen-bond acceptors (Lipinski definition) is 3. The van der Waals surface area contributed by atoms with E-state index >= 15 is 0 Å². The van der Waals surface area contributed by atoms with Crippen molar-refractivity contribution < 1.29 is 9.53 Å². The maximum Gasteiger partial charge on any atom is 0.242 e. The van der Waals surface area contributed by atoms with Gasteiger partial charge < -0.3 is 10.1 Å². The van der Waals surface area contributed by atoms with Crippen LogP contribution in [0, 0.1) is 17.2 Å². The summed E-state index contributed by atoms with van der Waals surface area (Å²) in [6.45, 7) is 0. The number of benzene rings is 2. The molecule has 0 bridgehead atoms. The first-order valence-corrected chi connectivity index (χ1v) is 7.82. The number of nitrogens with zero attached hydrogens (tertiary/aromatic N) is 1. The number of halogens is 1. The number of amides is 1. The second-order valence-corrected chi connectivity index (χ2v) is 5.92. The molecule has 0 saturated carbocycles. The molecule has 1 aliphatic heterocycles. The van der Waals surface area contributed by atoms with Crippen molar-refractivity contribution in [2.75, 3.05) is 7.11 Å². The molecular formula is C19H15ClN2O2. The zero-order chi connectivity index (χ0) is 17.1. The van der Waals surface area contributed by atoms with E-state index in [-0.39, 0.29) is 11.8 Å². The molecule has 0 radical (unpaired) electrons. The van der Waals surface area contributed by atoms with Crippen LogP contribution in [0.1, 0.15) is 17.0 Å². The lowest BCUT2D eigenvalue weighted by atomic mass is 9.82. The lowest BCUT2D eigenvalue weighted by Crippen LogP contribution is -2.36. The highest BCUT2D eigenvalue weighted by Gasteiger charge is 2.33. The lowest BCUT2D eigenvalue weighted by molar-refractivity contribution is -0.122. The summed E-state index contributed by atoms with van der Waals surface area (Å²) in [5.41, 5.74) is 2.43. The molecule has 1 amide bonds. The van der Waals surface area contributed by atoms with Crippen molar-refractivity contribution in [2.45, 2.75) is 5.92 Å². The lowest BCUT2D eigenvalue weighted by Gasteiger charge is -2.26. The van der Waals surface area contributed by atoms with Gasteiger partial charge in [0.1, 0.15) is 11.7 Å². The number of allylic oxidation sites excluding steroid dienone is 1. The molecule has 1 N–H and O–H groups in total. The van der Waals surface area contributed by atoms with Crippen LogP contribution >= 0.6 is 11.6 Å². The van der Waals surface area contributed by atoms with Gasteiger partial charge >= 0.3 is 0 Å². The van der Waals surface area contributed by atoms with Crippen LogP contribution in [-0.2, 0) is 4.79 Å². The predicted octanol–water partition coefficient (Wildman–Crippen LogP) is 3.74. The van der Waals surface area contributed by atoms with E-state index in [1.54, 1.807) is 19.2 Å². The number of rotatable bonds is 3. The first kappa shape index (κ1) is 16.1. The van der Waals surface area contributed by atoms with Gasteiger partial charge in [-0.2, -0.15) is 5.26 Å². The summed E-state index contributed by atoms with van der Waals surface area (Å²) in [5.74, 6) is -0.657. The van der Waals surface area contributed by atoms with Crippen LogP contribution in [0.25, 0.3) is 5.70 Å². The molecule has 0 spiro atoms. The number of hydrogen-bond donors (Lipinski definition) is 1. The minimum Gasteiger partial charge on any atom is -0.497 e. The standard InChI is InChI=1S/C19H15ClN2O2/c1-24-15-8-4-12(5-9-15)16-10-18(22-19(23)17(16)11-21)13-2-6-14(20)7-3-13/h2-10,16-17H,1H3,(H,22,23)/t16-,17+/m0/s1. The Labute approximate surface area is 145 Å². The zero-order valence-electron chi connectivity index (χ0n) is 13.0. The first-order valence-electron chi connectivity index (χ1n) is 7.44. The van der Waals surface area contributed by atoms with Gasteiger partial charge in [-0.1, -0.05) is 41.9 Å². The molecule has 2 aromatic carbocycles. The highest BCUT2D eigenvalue weighted by Crippen LogP contribution is 2.34. The Balaban J connectivity index is 2.02. The fourth-order valence-electron chi connectivity index (χ4n) is 2.74. The monoisotopic (exact) mass is 338 g/mol. The highest BCUT2D eigenvalue weighted by atomic mass is 35.5. The molecule has 2 aromatic rings. The Morgan fingerprint density at radius 1 is 1.12 bits per heavy atom. The van der Waals surface area contributed by atoms with E-state index in [1.165, 1.54) is 0 Å². The molecule has 2 atom stereocenters. The minimum atomic E-state index is -0.769. The van der Waals surface area contributed by atoms with Crippen LogP contribution in [0.5, 0.6) is 5.75 Å². The minimum absolute atomic E-state index is 0.300. The molecule has 24 heavy (non-hydrogen) atoms. The van der Waals surface area contributed by atoms with Crippen molar-refractivity contribution in [1.29, 1.82) is 5.26 Å². The number of nitrogens with one attached hydrogen (secondary N) is 1. The van der Waals surface area contributed by atoms with Crippen LogP contribution in [-0.4, -0.2) is 13.0 Å². The smallest absolute Gasteiger partial charge is 0.242 e. The van der Waals surface area contributed by atoms with E-state index in [9.17, 15) is 10.1 Å². The van der Waals surface area contributed by atoms with Crippen molar-refractivity contribution in [2.24, 2.45) is 5.92 Å². The van der Waals surface area contributed by atoms with Gasteiger partial charge in [-0.05, 0) is 35.4 Å². The van der Waals surface area contributed by atoms with Crippen molar-refractivity contribution in [1.82, 2.24) is 5.32 Å². The third-order valence-corrected chi connectivity index (χ3v) is 4.29. The quantitative estimate of drug-likeness (QED) is 0.927. The van der Waals surface area contributed by atoms with E-state index in [1.807, 2.05) is 42.5 Å². The molecule has 4 nitrogen and oxygen atoms in total. The van der Waals surface area contributed by atoms with Gasteiger partial charge in [0, 0.05) is 16.6 Å². The van der Waals surface area contributed by atoms with E-state index < -0.39 is 5.92 Å². The molecule has 120 valence electrons. The van der Waals surface area contributed by atoms with E-state index in [0.717, 1.165) is 16.9 Å². The largest absolute Gasteiger partial charge is 0.497 e. The molecular weight excluding hydrogens is 324 g/mol. The molecule has 0 saturated heterocycles. The van der Waals surface area contributed by atoms with Gasteiger partial charge in [0.05, 0.1) is 13.2 Å². The Morgan fingerprint density at radius 3 is 2.38 bits per heavy atom. The van der Waals surface area contributed by atoms with Gasteiger partial charge in [0.15, 0.2) is 0 Å². The maximum absolute atomic E-state index is 12.4. The first-order chi connectivity index (χ1) is 11.6. The summed E-state index contributed by atoms with van der Waals surface area (Å²) in [5, 5.41) is 12.8. The van der Waals surface area contributed by atoms with Crippen molar-refractivity contribution >= 4 is 23.2 Å². The molecule has 0 aliphatic carbocycles. The fourth-order valence-corrected chi connectivity index (χ4v) is 2.87. The Kier molecular flexibility index (Phi) is 4.54. The second-order valence-electron chi connectivity index (χ2n) is 5.48. The van der Waals surface area contributed by atoms with Gasteiger partial charge in [0.25, 0.3) is 0 Å². The van der Waals surface area contributed by atoms with Crippen molar-refractivity contribution in [3.8, 4) is 11.8 Å². The number of ether oxygens (including phenoxy) is 1. The van der Waals surface area contributed by atoms with Crippen LogP contribution in [0.3, 0.4) is 0 Å². The second kappa shape index (κ2) is 6.77. The van der Waals surface area contributed by atoms with Crippen molar-refractivity contribution in [3.63, 3.8) is 0 Å². The summed E-state index contributed by atoms with van der Waals surface area (Å²) in [7, 11) is 1.60. The zero-order valence-corrected chi connectivity index (χ0v) is 13.7. The van der Waals surface area contributed by atoms with E-state index in [0.29, 0.717) is 10.7 Å². The van der Waals surface area contributed by atoms with Crippen molar-refractivity contribution in [3.05, 3.63) is 70.8 Å². The fraction of sp³-hybridized carbons (Fsp3) is 0.158. The molecule has 1 aliphatic rings. The van der Waals surface area contributed by atoms with Gasteiger partial charge in [-0.25, -0.2) is 0 Å². The molecule has 0 fully saturated rings. The summed E-state index contributed by atoms with van der Waals surface area (Å²) in [4.78, 5) is 12.4. The number of nitriles is 1. The predicted molar refractivity (Wildman–Crippen MR) is 92.4 cm³/mol. The molecule has 3 rings (SSSR count). The molecule has 5 heteroatoms.